The van der Waals surface area contributed by atoms with Crippen molar-refractivity contribution in [2.45, 2.75) is 24.2 Å². The van der Waals surface area contributed by atoms with Crippen LogP contribution in [0.15, 0.2) is 23.1 Å². The van der Waals surface area contributed by atoms with E-state index in [-0.39, 0.29) is 10.6 Å². The lowest BCUT2D eigenvalue weighted by Gasteiger charge is -2.36. The summed E-state index contributed by atoms with van der Waals surface area (Å²) in [5, 5.41) is 11.2. The smallest absolute Gasteiger partial charge is 0.270 e. The average molecular weight is 392 g/mol. The van der Waals surface area contributed by atoms with E-state index in [1.807, 2.05) is 4.90 Å². The number of non-ortho nitro benzene ring substituents is 1. The van der Waals surface area contributed by atoms with Gasteiger partial charge in [0.1, 0.15) is 4.90 Å². The molecule has 0 radical (unpaired) electrons. The predicted octanol–water partition coefficient (Wildman–Crippen LogP) is 1.52. The summed E-state index contributed by atoms with van der Waals surface area (Å²) in [7, 11) is -3.76. The number of hydrogen-bond donors (Lipinski definition) is 0. The van der Waals surface area contributed by atoms with E-state index in [1.54, 1.807) is 6.07 Å². The molecule has 2 heterocycles. The second-order valence-electron chi connectivity index (χ2n) is 6.80. The summed E-state index contributed by atoms with van der Waals surface area (Å²) in [4.78, 5) is 14.9. The maximum absolute atomic E-state index is 13.1. The van der Waals surface area contributed by atoms with Crippen molar-refractivity contribution in [3.05, 3.63) is 28.3 Å². The van der Waals surface area contributed by atoms with Crippen LogP contribution in [0.3, 0.4) is 0 Å². The van der Waals surface area contributed by atoms with Crippen LogP contribution in [0.25, 0.3) is 0 Å². The number of nitro benzene ring substituents is 1. The summed E-state index contributed by atoms with van der Waals surface area (Å²) in [6, 6.07) is 4.15. The summed E-state index contributed by atoms with van der Waals surface area (Å²) in [5.41, 5.74) is 0.341. The summed E-state index contributed by atoms with van der Waals surface area (Å²) < 4.78 is 27.7. The normalized spacial score (nSPS) is 19.1. The number of piperazine rings is 1. The van der Waals surface area contributed by atoms with Crippen molar-refractivity contribution in [2.24, 2.45) is 0 Å². The zero-order valence-electron chi connectivity index (χ0n) is 15.2. The van der Waals surface area contributed by atoms with Crippen molar-refractivity contribution < 1.29 is 13.3 Å². The fraction of sp³-hybridized carbons (Fsp3) is 0.556. The van der Waals surface area contributed by atoms with E-state index in [0.29, 0.717) is 38.3 Å². The first-order valence-electron chi connectivity index (χ1n) is 9.13. The molecule has 0 unspecified atom stereocenters. The van der Waals surface area contributed by atoms with Crippen LogP contribution in [0.1, 0.15) is 19.3 Å². The molecule has 8 nitrogen and oxygen atoms in total. The molecule has 2 fully saturated rings. The Morgan fingerprint density at radius 1 is 1.11 bits per heavy atom. The highest BCUT2D eigenvalue weighted by Gasteiger charge is 2.33. The number of sulfonamides is 1. The summed E-state index contributed by atoms with van der Waals surface area (Å²) in [6.45, 7) is 4.62. The Bertz CT molecular complexity index is 835. The minimum atomic E-state index is -3.76. The van der Waals surface area contributed by atoms with Gasteiger partial charge in [0, 0.05) is 64.4 Å². The Kier molecular flexibility index (Phi) is 5.99. The molecule has 1 aromatic rings. The number of hydrogen-bond acceptors (Lipinski definition) is 6. The molecule has 0 aliphatic carbocycles. The Labute approximate surface area is 159 Å². The number of anilines is 1. The highest BCUT2D eigenvalue weighted by Crippen LogP contribution is 2.33. The molecule has 0 bridgehead atoms. The van der Waals surface area contributed by atoms with Crippen LogP contribution < -0.4 is 4.90 Å². The number of rotatable bonds is 6. The second kappa shape index (κ2) is 8.25. The molecule has 0 amide bonds. The molecule has 3 rings (SSSR count). The molecule has 1 aromatic carbocycles. The third-order valence-electron chi connectivity index (χ3n) is 5.12. The van der Waals surface area contributed by atoms with Crippen molar-refractivity contribution in [3.63, 3.8) is 0 Å². The van der Waals surface area contributed by atoms with E-state index in [0.717, 1.165) is 32.5 Å². The third kappa shape index (κ3) is 4.24. The summed E-state index contributed by atoms with van der Waals surface area (Å²) >= 11 is 0. The van der Waals surface area contributed by atoms with Gasteiger partial charge in [-0.25, -0.2) is 8.42 Å². The van der Waals surface area contributed by atoms with Gasteiger partial charge in [-0.2, -0.15) is 4.31 Å². The molecule has 0 saturated carbocycles. The lowest BCUT2D eigenvalue weighted by atomic mass is 10.2. The quantitative estimate of drug-likeness (QED) is 0.414. The van der Waals surface area contributed by atoms with Gasteiger partial charge in [0.15, 0.2) is 0 Å². The van der Waals surface area contributed by atoms with Gasteiger partial charge in [0.05, 0.1) is 10.6 Å². The molecule has 2 saturated heterocycles. The topological polar surface area (TPSA) is 87.0 Å². The molecule has 2 aliphatic heterocycles. The Morgan fingerprint density at radius 2 is 1.78 bits per heavy atom. The van der Waals surface area contributed by atoms with Crippen molar-refractivity contribution in [2.75, 3.05) is 50.7 Å². The number of benzene rings is 1. The van der Waals surface area contributed by atoms with Crippen LogP contribution in [0.5, 0.6) is 0 Å². The molecule has 0 atom stereocenters. The van der Waals surface area contributed by atoms with Gasteiger partial charge in [0.2, 0.25) is 10.0 Å². The fourth-order valence-corrected chi connectivity index (χ4v) is 5.34. The Morgan fingerprint density at radius 3 is 2.37 bits per heavy atom. The van der Waals surface area contributed by atoms with Crippen molar-refractivity contribution in [1.29, 1.82) is 0 Å². The van der Waals surface area contributed by atoms with Crippen LogP contribution in [-0.4, -0.2) is 68.4 Å². The van der Waals surface area contributed by atoms with Crippen LogP contribution in [0.2, 0.25) is 0 Å². The molecule has 0 N–H and O–H groups in total. The van der Waals surface area contributed by atoms with E-state index in [2.05, 4.69) is 10.8 Å². The maximum atomic E-state index is 13.1. The lowest BCUT2D eigenvalue weighted by Crippen LogP contribution is -2.47. The average Bonchev–Trinajstić information content (AvgIpc) is 3.22. The molecule has 27 heavy (non-hydrogen) atoms. The maximum Gasteiger partial charge on any atom is 0.270 e. The zero-order valence-corrected chi connectivity index (χ0v) is 16.0. The number of nitro groups is 1. The van der Waals surface area contributed by atoms with Gasteiger partial charge in [-0.05, 0) is 18.9 Å². The SMILES string of the molecule is C#CCCN1CCN(c2ccc([N+](=O)[O-])cc2S(=O)(=O)N2CCCC2)CC1. The molecule has 9 heteroatoms. The number of terminal acetylenes is 1. The minimum Gasteiger partial charge on any atom is -0.368 e. The van der Waals surface area contributed by atoms with Gasteiger partial charge in [0.25, 0.3) is 5.69 Å². The first-order valence-corrected chi connectivity index (χ1v) is 10.6. The van der Waals surface area contributed by atoms with Crippen LogP contribution >= 0.6 is 0 Å². The van der Waals surface area contributed by atoms with Crippen molar-refractivity contribution >= 4 is 21.4 Å². The highest BCUT2D eigenvalue weighted by atomic mass is 32.2. The van der Waals surface area contributed by atoms with E-state index >= 15 is 0 Å². The Hall–Kier alpha value is -2.15. The molecule has 2 aliphatic rings. The standard InChI is InChI=1S/C18H24N4O4S/c1-2-3-8-19-11-13-20(14-12-19)17-7-6-16(22(23)24)15-18(17)27(25,26)21-9-4-5-10-21/h1,6-7,15H,3-5,8-14H2. The van der Waals surface area contributed by atoms with Crippen LogP contribution in [0, 0.1) is 22.5 Å². The van der Waals surface area contributed by atoms with Crippen molar-refractivity contribution in [1.82, 2.24) is 9.21 Å². The van der Waals surface area contributed by atoms with Gasteiger partial charge < -0.3 is 4.90 Å². The molecular formula is C18H24N4O4S. The molecule has 0 aromatic heterocycles. The van der Waals surface area contributed by atoms with Gasteiger partial charge in [-0.15, -0.1) is 12.3 Å². The first kappa shape index (κ1) is 19.6. The summed E-state index contributed by atoms with van der Waals surface area (Å²) in [5.74, 6) is 2.63. The second-order valence-corrected chi connectivity index (χ2v) is 8.71. The Balaban J connectivity index is 1.89. The predicted molar refractivity (Wildman–Crippen MR) is 103 cm³/mol. The molecule has 146 valence electrons. The van der Waals surface area contributed by atoms with Gasteiger partial charge in [-0.1, -0.05) is 0 Å². The van der Waals surface area contributed by atoms with Gasteiger partial charge >= 0.3 is 0 Å². The number of nitrogens with zero attached hydrogens (tertiary/aromatic N) is 4. The van der Waals surface area contributed by atoms with Gasteiger partial charge in [-0.3, -0.25) is 15.0 Å². The first-order chi connectivity index (χ1) is 12.9. The molecule has 0 spiro atoms. The lowest BCUT2D eigenvalue weighted by molar-refractivity contribution is -0.385. The summed E-state index contributed by atoms with van der Waals surface area (Å²) in [6.07, 6.45) is 7.64. The van der Waals surface area contributed by atoms with E-state index in [4.69, 9.17) is 6.42 Å². The van der Waals surface area contributed by atoms with Crippen LogP contribution in [-0.2, 0) is 10.0 Å². The third-order valence-corrected chi connectivity index (χ3v) is 7.05. The molecular weight excluding hydrogens is 368 g/mol. The van der Waals surface area contributed by atoms with Crippen LogP contribution in [0.4, 0.5) is 11.4 Å². The van der Waals surface area contributed by atoms with E-state index in [9.17, 15) is 18.5 Å². The fourth-order valence-electron chi connectivity index (χ4n) is 3.59. The largest absolute Gasteiger partial charge is 0.368 e. The zero-order chi connectivity index (χ0) is 19.4. The monoisotopic (exact) mass is 392 g/mol. The van der Waals surface area contributed by atoms with E-state index in [1.165, 1.54) is 16.4 Å². The van der Waals surface area contributed by atoms with E-state index < -0.39 is 14.9 Å². The highest BCUT2D eigenvalue weighted by molar-refractivity contribution is 7.89. The minimum absolute atomic E-state index is 0.0377. The van der Waals surface area contributed by atoms with Crippen molar-refractivity contribution in [3.8, 4) is 12.3 Å².